The molecule has 0 aliphatic carbocycles. The first kappa shape index (κ1) is 13.1. The predicted molar refractivity (Wildman–Crippen MR) is 91.5 cm³/mol. The van der Waals surface area contributed by atoms with Crippen molar-refractivity contribution >= 4 is 16.7 Å². The number of aromatic amines is 1. The number of anilines is 1. The number of fused-ring (bicyclic) bond motifs is 3. The van der Waals surface area contributed by atoms with Crippen LogP contribution in [0.3, 0.4) is 0 Å². The maximum absolute atomic E-state index is 4.68. The number of H-pyrrole nitrogens is 1. The first-order valence-corrected chi connectivity index (χ1v) is 8.14. The van der Waals surface area contributed by atoms with Crippen LogP contribution in [0.5, 0.6) is 0 Å². The van der Waals surface area contributed by atoms with Gasteiger partial charge in [0.05, 0.1) is 18.1 Å². The number of aromatic nitrogens is 3. The molecular formula is C18H19N5. The third-order valence-corrected chi connectivity index (χ3v) is 5.30. The van der Waals surface area contributed by atoms with Crippen molar-refractivity contribution in [2.24, 2.45) is 0 Å². The molecule has 2 fully saturated rings. The minimum atomic E-state index is 0.598. The van der Waals surface area contributed by atoms with E-state index in [4.69, 9.17) is 0 Å². The van der Waals surface area contributed by atoms with Crippen LogP contribution >= 0.6 is 0 Å². The molecule has 5 nitrogen and oxygen atoms in total. The Labute approximate surface area is 135 Å². The van der Waals surface area contributed by atoms with Crippen molar-refractivity contribution in [3.63, 3.8) is 0 Å². The van der Waals surface area contributed by atoms with E-state index in [1.165, 1.54) is 11.8 Å². The van der Waals surface area contributed by atoms with E-state index in [0.29, 0.717) is 12.1 Å². The lowest BCUT2D eigenvalue weighted by atomic mass is 10.1. The zero-order chi connectivity index (χ0) is 15.4. The summed E-state index contributed by atoms with van der Waals surface area (Å²) in [6.45, 7) is 2.21. The molecule has 2 aliphatic rings. The number of piperazine rings is 1. The van der Waals surface area contributed by atoms with Crippen molar-refractivity contribution in [3.8, 4) is 11.3 Å². The molecule has 4 heterocycles. The van der Waals surface area contributed by atoms with Crippen LogP contribution in [-0.4, -0.2) is 52.1 Å². The second kappa shape index (κ2) is 4.80. The fourth-order valence-electron chi connectivity index (χ4n) is 3.97. The lowest BCUT2D eigenvalue weighted by Crippen LogP contribution is -2.44. The fourth-order valence-corrected chi connectivity index (χ4v) is 3.97. The van der Waals surface area contributed by atoms with Gasteiger partial charge in [0.2, 0.25) is 0 Å². The minimum absolute atomic E-state index is 0.598. The normalized spacial score (nSPS) is 24.0. The third kappa shape index (κ3) is 2.04. The number of hydrogen-bond donors (Lipinski definition) is 1. The van der Waals surface area contributed by atoms with Crippen molar-refractivity contribution in [1.29, 1.82) is 0 Å². The molecule has 0 radical (unpaired) electrons. The first-order valence-electron chi connectivity index (χ1n) is 8.14. The van der Waals surface area contributed by atoms with Gasteiger partial charge in [0.25, 0.3) is 0 Å². The molecule has 2 saturated heterocycles. The molecule has 5 rings (SSSR count). The van der Waals surface area contributed by atoms with Crippen LogP contribution in [0.4, 0.5) is 5.82 Å². The van der Waals surface area contributed by atoms with Crippen molar-refractivity contribution < 1.29 is 0 Å². The average Bonchev–Trinajstić information content (AvgIpc) is 3.29. The van der Waals surface area contributed by atoms with Gasteiger partial charge in [-0.3, -0.25) is 9.88 Å². The number of benzene rings is 1. The van der Waals surface area contributed by atoms with Gasteiger partial charge in [-0.1, -0.05) is 12.1 Å². The smallest absolute Gasteiger partial charge is 0.147 e. The summed E-state index contributed by atoms with van der Waals surface area (Å²) in [6, 6.07) is 9.70. The van der Waals surface area contributed by atoms with E-state index in [1.54, 1.807) is 0 Å². The molecule has 3 aromatic rings. The van der Waals surface area contributed by atoms with Crippen molar-refractivity contribution in [2.75, 3.05) is 25.0 Å². The highest BCUT2D eigenvalue weighted by atomic mass is 15.4. The van der Waals surface area contributed by atoms with E-state index < -0.39 is 0 Å². The number of nitrogens with one attached hydrogen (secondary N) is 1. The molecule has 1 aromatic carbocycles. The quantitative estimate of drug-likeness (QED) is 0.790. The lowest BCUT2D eigenvalue weighted by molar-refractivity contribution is 0.292. The SMILES string of the molecule is CN1C[C@@H]2C[C@H]1CN2c1cnc(-c2ccc3cc[nH]c3c2)cn1. The van der Waals surface area contributed by atoms with Crippen LogP contribution in [0.25, 0.3) is 22.2 Å². The van der Waals surface area contributed by atoms with E-state index in [-0.39, 0.29) is 0 Å². The molecule has 2 atom stereocenters. The number of likely N-dealkylation sites (tertiary alicyclic amines) is 1. The molecule has 2 bridgehead atoms. The topological polar surface area (TPSA) is 48.0 Å². The molecular weight excluding hydrogens is 286 g/mol. The Morgan fingerprint density at radius 2 is 2.04 bits per heavy atom. The van der Waals surface area contributed by atoms with E-state index in [0.717, 1.165) is 35.7 Å². The summed E-state index contributed by atoms with van der Waals surface area (Å²) in [5.74, 6) is 1.01. The summed E-state index contributed by atoms with van der Waals surface area (Å²) in [5.41, 5.74) is 3.15. The van der Waals surface area contributed by atoms with Crippen LogP contribution in [0.1, 0.15) is 6.42 Å². The van der Waals surface area contributed by atoms with Crippen LogP contribution in [-0.2, 0) is 0 Å². The van der Waals surface area contributed by atoms with Gasteiger partial charge in [-0.15, -0.1) is 0 Å². The fraction of sp³-hybridized carbons (Fsp3) is 0.333. The number of hydrogen-bond acceptors (Lipinski definition) is 4. The minimum Gasteiger partial charge on any atom is -0.361 e. The lowest BCUT2D eigenvalue weighted by Gasteiger charge is -2.32. The highest BCUT2D eigenvalue weighted by Crippen LogP contribution is 2.32. The molecule has 23 heavy (non-hydrogen) atoms. The highest BCUT2D eigenvalue weighted by molar-refractivity contribution is 5.84. The van der Waals surface area contributed by atoms with Gasteiger partial charge in [0.1, 0.15) is 5.82 Å². The van der Waals surface area contributed by atoms with Gasteiger partial charge in [-0.25, -0.2) is 4.98 Å². The van der Waals surface area contributed by atoms with Crippen LogP contribution in [0.15, 0.2) is 42.9 Å². The maximum atomic E-state index is 4.68. The summed E-state index contributed by atoms with van der Waals surface area (Å²) >= 11 is 0. The Bertz CT molecular complexity index is 851. The number of nitrogens with zero attached hydrogens (tertiary/aromatic N) is 4. The Morgan fingerprint density at radius 3 is 2.78 bits per heavy atom. The number of likely N-dealkylation sites (N-methyl/N-ethyl adjacent to an activating group) is 1. The summed E-state index contributed by atoms with van der Waals surface area (Å²) < 4.78 is 0. The molecule has 0 saturated carbocycles. The van der Waals surface area contributed by atoms with E-state index in [9.17, 15) is 0 Å². The molecule has 0 spiro atoms. The first-order chi connectivity index (χ1) is 11.3. The molecule has 0 unspecified atom stereocenters. The van der Waals surface area contributed by atoms with Gasteiger partial charge >= 0.3 is 0 Å². The van der Waals surface area contributed by atoms with Gasteiger partial charge in [-0.05, 0) is 31.0 Å². The zero-order valence-electron chi connectivity index (χ0n) is 13.1. The molecule has 2 aromatic heterocycles. The Kier molecular flexibility index (Phi) is 2.73. The Balaban J connectivity index is 1.43. The second-order valence-corrected chi connectivity index (χ2v) is 6.67. The molecule has 0 amide bonds. The summed E-state index contributed by atoms with van der Waals surface area (Å²) in [6.07, 6.45) is 7.04. The van der Waals surface area contributed by atoms with Crippen LogP contribution in [0, 0.1) is 0 Å². The number of rotatable bonds is 2. The van der Waals surface area contributed by atoms with Gasteiger partial charge in [-0.2, -0.15) is 0 Å². The summed E-state index contributed by atoms with van der Waals surface area (Å²) in [4.78, 5) is 17.5. The van der Waals surface area contributed by atoms with E-state index in [1.807, 2.05) is 18.6 Å². The Morgan fingerprint density at radius 1 is 1.09 bits per heavy atom. The largest absolute Gasteiger partial charge is 0.361 e. The van der Waals surface area contributed by atoms with E-state index >= 15 is 0 Å². The third-order valence-electron chi connectivity index (χ3n) is 5.30. The van der Waals surface area contributed by atoms with Crippen molar-refractivity contribution in [1.82, 2.24) is 19.9 Å². The monoisotopic (exact) mass is 305 g/mol. The van der Waals surface area contributed by atoms with Crippen LogP contribution < -0.4 is 4.90 Å². The average molecular weight is 305 g/mol. The standard InChI is InChI=1S/C18H19N5/c1-22-10-15-7-14(22)11-23(15)18-9-20-17(8-21-18)13-3-2-12-4-5-19-16(12)6-13/h2-6,8-9,14-15,19H,7,10-11H2,1H3/t14-,15-/m0/s1. The van der Waals surface area contributed by atoms with Crippen LogP contribution in [0.2, 0.25) is 0 Å². The summed E-state index contributed by atoms with van der Waals surface area (Å²) in [7, 11) is 2.22. The van der Waals surface area contributed by atoms with Crippen molar-refractivity contribution in [2.45, 2.75) is 18.5 Å². The second-order valence-electron chi connectivity index (χ2n) is 6.67. The molecule has 5 heteroatoms. The highest BCUT2D eigenvalue weighted by Gasteiger charge is 2.41. The van der Waals surface area contributed by atoms with Gasteiger partial charge in [0, 0.05) is 42.5 Å². The zero-order valence-corrected chi connectivity index (χ0v) is 13.1. The predicted octanol–water partition coefficient (Wildman–Crippen LogP) is 2.52. The maximum Gasteiger partial charge on any atom is 0.147 e. The summed E-state index contributed by atoms with van der Waals surface area (Å²) in [5, 5.41) is 1.22. The molecule has 116 valence electrons. The molecule has 1 N–H and O–H groups in total. The molecule has 2 aliphatic heterocycles. The van der Waals surface area contributed by atoms with Gasteiger partial charge < -0.3 is 9.88 Å². The van der Waals surface area contributed by atoms with Gasteiger partial charge in [0.15, 0.2) is 0 Å². The Hall–Kier alpha value is -2.40. The van der Waals surface area contributed by atoms with E-state index in [2.05, 4.69) is 56.1 Å². The van der Waals surface area contributed by atoms with Crippen molar-refractivity contribution in [3.05, 3.63) is 42.9 Å².